The van der Waals surface area contributed by atoms with Crippen LogP contribution in [0.15, 0.2) is 53.2 Å². The van der Waals surface area contributed by atoms with E-state index < -0.39 is 0 Å². The minimum atomic E-state index is -0.277. The van der Waals surface area contributed by atoms with Gasteiger partial charge in [0.05, 0.1) is 21.5 Å². The van der Waals surface area contributed by atoms with Crippen molar-refractivity contribution in [2.24, 2.45) is 4.99 Å². The third kappa shape index (κ3) is 4.43. The molecule has 0 saturated carbocycles. The second kappa shape index (κ2) is 8.30. The molecule has 27 heavy (non-hydrogen) atoms. The second-order valence-corrected chi connectivity index (χ2v) is 7.76. The Morgan fingerprint density at radius 3 is 2.56 bits per heavy atom. The van der Waals surface area contributed by atoms with Gasteiger partial charge in [-0.1, -0.05) is 64.8 Å². The van der Waals surface area contributed by atoms with Crippen molar-refractivity contribution in [2.45, 2.75) is 13.8 Å². The van der Waals surface area contributed by atoms with Crippen LogP contribution in [0.3, 0.4) is 0 Å². The maximum absolute atomic E-state index is 13.0. The number of amides is 1. The highest BCUT2D eigenvalue weighted by Crippen LogP contribution is 2.32. The Morgan fingerprint density at radius 2 is 1.89 bits per heavy atom. The van der Waals surface area contributed by atoms with Gasteiger partial charge in [-0.2, -0.15) is 0 Å². The number of benzene rings is 2. The zero-order chi connectivity index (χ0) is 19.6. The average Bonchev–Trinajstić information content (AvgIpc) is 2.94. The normalized spacial score (nSPS) is 15.4. The van der Waals surface area contributed by atoms with Gasteiger partial charge in [-0.05, 0) is 43.7 Å². The minimum absolute atomic E-state index is 0.00863. The van der Waals surface area contributed by atoms with Crippen molar-refractivity contribution in [3.05, 3.63) is 69.3 Å². The van der Waals surface area contributed by atoms with E-state index >= 15 is 0 Å². The molecule has 0 fully saturated rings. The summed E-state index contributed by atoms with van der Waals surface area (Å²) in [6, 6.07) is 12.8. The number of nitrogens with zero attached hydrogens (tertiary/aromatic N) is 2. The Hall–Kier alpha value is -2.08. The molecule has 0 aliphatic carbocycles. The zero-order valence-electron chi connectivity index (χ0n) is 14.7. The Kier molecular flexibility index (Phi) is 6.05. The Balaban J connectivity index is 2.01. The lowest BCUT2D eigenvalue weighted by Gasteiger charge is -2.17. The van der Waals surface area contributed by atoms with Gasteiger partial charge in [-0.15, -0.1) is 0 Å². The summed E-state index contributed by atoms with van der Waals surface area (Å²) in [6.07, 6.45) is 1.61. The van der Waals surface area contributed by atoms with Gasteiger partial charge in [0.25, 0.3) is 5.91 Å². The van der Waals surface area contributed by atoms with E-state index in [0.717, 1.165) is 5.56 Å². The van der Waals surface area contributed by atoms with Crippen LogP contribution in [-0.2, 0) is 9.59 Å². The highest BCUT2D eigenvalue weighted by molar-refractivity contribution is 8.14. The van der Waals surface area contributed by atoms with Gasteiger partial charge in [-0.25, -0.2) is 4.99 Å². The number of rotatable bonds is 4. The van der Waals surface area contributed by atoms with Gasteiger partial charge in [0, 0.05) is 0 Å². The lowest BCUT2D eigenvalue weighted by Crippen LogP contribution is -2.30. The predicted octanol–water partition coefficient (Wildman–Crippen LogP) is 5.37. The van der Waals surface area contributed by atoms with Crippen molar-refractivity contribution in [3.8, 4) is 0 Å². The lowest BCUT2D eigenvalue weighted by atomic mass is 10.2. The first kappa shape index (κ1) is 19.7. The van der Waals surface area contributed by atoms with Crippen LogP contribution < -0.4 is 4.90 Å². The van der Waals surface area contributed by atoms with Crippen LogP contribution in [0.4, 0.5) is 5.69 Å². The molecule has 1 aliphatic rings. The Labute approximate surface area is 171 Å². The van der Waals surface area contributed by atoms with E-state index in [1.165, 1.54) is 23.6 Å². The highest BCUT2D eigenvalue weighted by atomic mass is 35.5. The molecule has 0 unspecified atom stereocenters. The summed E-state index contributed by atoms with van der Waals surface area (Å²) in [5, 5.41) is 1.23. The number of ketones is 1. The van der Waals surface area contributed by atoms with Gasteiger partial charge in [0.1, 0.15) is 11.5 Å². The lowest BCUT2D eigenvalue weighted by molar-refractivity contribution is -0.115. The van der Waals surface area contributed by atoms with E-state index in [4.69, 9.17) is 23.2 Å². The number of aliphatic imine (C=N–C) groups is 1. The van der Waals surface area contributed by atoms with Crippen LogP contribution in [-0.4, -0.2) is 22.6 Å². The average molecular weight is 419 g/mol. The van der Waals surface area contributed by atoms with Crippen molar-refractivity contribution < 1.29 is 9.59 Å². The summed E-state index contributed by atoms with van der Waals surface area (Å²) < 4.78 is 0. The molecule has 3 rings (SSSR count). The first-order valence-corrected chi connectivity index (χ1v) is 9.88. The molecule has 138 valence electrons. The van der Waals surface area contributed by atoms with Gasteiger partial charge >= 0.3 is 0 Å². The fraction of sp³-hybridized carbons (Fsp3) is 0.150. The molecule has 2 aromatic rings. The first-order valence-electron chi connectivity index (χ1n) is 8.14. The smallest absolute Gasteiger partial charge is 0.283 e. The van der Waals surface area contributed by atoms with Crippen molar-refractivity contribution in [2.75, 3.05) is 10.7 Å². The molecule has 1 amide bonds. The summed E-state index contributed by atoms with van der Waals surface area (Å²) in [5.74, 6) is -0.0325. The minimum Gasteiger partial charge on any atom is -0.299 e. The third-order valence-corrected chi connectivity index (χ3v) is 5.72. The number of aryl methyl sites for hydroxylation is 1. The molecular weight excluding hydrogens is 403 g/mol. The number of halogens is 2. The van der Waals surface area contributed by atoms with Gasteiger partial charge in [0.2, 0.25) is 0 Å². The summed E-state index contributed by atoms with van der Waals surface area (Å²) >= 11 is 13.5. The molecule has 0 radical (unpaired) electrons. The van der Waals surface area contributed by atoms with Crippen molar-refractivity contribution >= 4 is 63.6 Å². The van der Waals surface area contributed by atoms with E-state index in [2.05, 4.69) is 4.99 Å². The van der Waals surface area contributed by atoms with Gasteiger partial charge < -0.3 is 0 Å². The van der Waals surface area contributed by atoms with E-state index in [9.17, 15) is 9.59 Å². The number of anilines is 1. The number of carbonyl (C=O) groups is 2. The highest BCUT2D eigenvalue weighted by Gasteiger charge is 2.32. The summed E-state index contributed by atoms with van der Waals surface area (Å²) in [7, 11) is 0. The second-order valence-electron chi connectivity index (χ2n) is 6.03. The van der Waals surface area contributed by atoms with E-state index in [1.54, 1.807) is 24.3 Å². The SMILES string of the molecule is CC(=O)CSC1=NC(=Cc2cccc(Cl)c2Cl)C(=O)N1c1ccc(C)cc1. The predicted molar refractivity (Wildman–Crippen MR) is 114 cm³/mol. The number of hydrogen-bond acceptors (Lipinski definition) is 4. The van der Waals surface area contributed by atoms with Crippen molar-refractivity contribution in [1.82, 2.24) is 0 Å². The maximum Gasteiger partial charge on any atom is 0.283 e. The number of Topliss-reactive ketones (excluding diaryl/α,β-unsaturated/α-hetero) is 1. The molecule has 7 heteroatoms. The standard InChI is InChI=1S/C20H16Cl2N2O2S/c1-12-6-8-15(9-7-12)24-19(26)17(23-20(24)27-11-13(2)25)10-14-4-3-5-16(21)18(14)22/h3-10H,11H2,1-2H3. The molecule has 0 bridgehead atoms. The Morgan fingerprint density at radius 1 is 1.19 bits per heavy atom. The summed E-state index contributed by atoms with van der Waals surface area (Å²) in [6.45, 7) is 3.48. The van der Waals surface area contributed by atoms with Crippen LogP contribution in [0.25, 0.3) is 6.08 Å². The Bertz CT molecular complexity index is 968. The molecular formula is C20H16Cl2N2O2S. The molecule has 1 heterocycles. The summed E-state index contributed by atoms with van der Waals surface area (Å²) in [5.41, 5.74) is 2.63. The van der Waals surface area contributed by atoms with E-state index in [-0.39, 0.29) is 23.1 Å². The fourth-order valence-electron chi connectivity index (χ4n) is 2.46. The quantitative estimate of drug-likeness (QED) is 0.627. The van der Waals surface area contributed by atoms with Crippen LogP contribution in [0.5, 0.6) is 0 Å². The van der Waals surface area contributed by atoms with Crippen molar-refractivity contribution in [3.63, 3.8) is 0 Å². The van der Waals surface area contributed by atoms with Gasteiger partial charge in [0.15, 0.2) is 5.17 Å². The number of amidine groups is 1. The van der Waals surface area contributed by atoms with Crippen LogP contribution in [0.1, 0.15) is 18.1 Å². The fourth-order valence-corrected chi connectivity index (χ4v) is 3.64. The molecule has 0 aromatic heterocycles. The zero-order valence-corrected chi connectivity index (χ0v) is 17.0. The number of hydrogen-bond donors (Lipinski definition) is 0. The molecule has 4 nitrogen and oxygen atoms in total. The molecule has 1 aliphatic heterocycles. The largest absolute Gasteiger partial charge is 0.299 e. The van der Waals surface area contributed by atoms with Crippen molar-refractivity contribution in [1.29, 1.82) is 0 Å². The molecule has 0 N–H and O–H groups in total. The molecule has 0 spiro atoms. The summed E-state index contributed by atoms with van der Waals surface area (Å²) in [4.78, 5) is 30.4. The monoisotopic (exact) mass is 418 g/mol. The van der Waals surface area contributed by atoms with E-state index in [1.807, 2.05) is 31.2 Å². The van der Waals surface area contributed by atoms with Crippen LogP contribution >= 0.6 is 35.0 Å². The number of carbonyl (C=O) groups excluding carboxylic acids is 2. The molecule has 0 saturated heterocycles. The van der Waals surface area contributed by atoms with E-state index in [0.29, 0.717) is 26.5 Å². The molecule has 2 aromatic carbocycles. The van der Waals surface area contributed by atoms with Crippen LogP contribution in [0.2, 0.25) is 10.0 Å². The first-order chi connectivity index (χ1) is 12.9. The number of thioether (sulfide) groups is 1. The third-order valence-electron chi connectivity index (χ3n) is 3.80. The molecule has 0 atom stereocenters. The topological polar surface area (TPSA) is 49.7 Å². The maximum atomic E-state index is 13.0. The van der Waals surface area contributed by atoms with Crippen LogP contribution in [0, 0.1) is 6.92 Å². The van der Waals surface area contributed by atoms with Gasteiger partial charge in [-0.3, -0.25) is 14.5 Å².